The van der Waals surface area contributed by atoms with E-state index in [1.807, 2.05) is 25.9 Å². The summed E-state index contributed by atoms with van der Waals surface area (Å²) in [5.74, 6) is 1.04. The summed E-state index contributed by atoms with van der Waals surface area (Å²) < 4.78 is 0. The van der Waals surface area contributed by atoms with E-state index in [1.54, 1.807) is 6.92 Å². The van der Waals surface area contributed by atoms with Crippen molar-refractivity contribution in [1.82, 2.24) is 14.9 Å². The smallest absolute Gasteiger partial charge is 0.224 e. The summed E-state index contributed by atoms with van der Waals surface area (Å²) >= 11 is 6.02. The molecule has 0 amide bonds. The topological polar surface area (TPSA) is 73.3 Å². The van der Waals surface area contributed by atoms with Crippen LogP contribution in [0.25, 0.3) is 0 Å². The van der Waals surface area contributed by atoms with Crippen LogP contribution in [0.15, 0.2) is 6.20 Å². The van der Waals surface area contributed by atoms with Gasteiger partial charge in [-0.15, -0.1) is 0 Å². The fourth-order valence-electron chi connectivity index (χ4n) is 1.75. The Hall–Kier alpha value is -1.11. The highest BCUT2D eigenvalue weighted by Gasteiger charge is 2.21. The molecule has 1 rings (SSSR count). The zero-order valence-electron chi connectivity index (χ0n) is 11.9. The molecule has 0 aliphatic carbocycles. The largest absolute Gasteiger partial charge is 0.387 e. The Morgan fingerprint density at radius 3 is 2.68 bits per heavy atom. The van der Waals surface area contributed by atoms with Gasteiger partial charge in [-0.3, -0.25) is 0 Å². The summed E-state index contributed by atoms with van der Waals surface area (Å²) in [5, 5.41) is 16.7. The highest BCUT2D eigenvalue weighted by Crippen LogP contribution is 2.20. The molecule has 0 saturated carbocycles. The Balaban J connectivity index is 2.68. The van der Waals surface area contributed by atoms with Gasteiger partial charge in [0, 0.05) is 19.6 Å². The molecular weight excluding hydrogens is 266 g/mol. The van der Waals surface area contributed by atoms with Gasteiger partial charge in [0.25, 0.3) is 0 Å². The van der Waals surface area contributed by atoms with Crippen LogP contribution in [0.1, 0.15) is 13.8 Å². The van der Waals surface area contributed by atoms with Gasteiger partial charge in [-0.05, 0) is 27.9 Å². The zero-order valence-corrected chi connectivity index (χ0v) is 12.6. The van der Waals surface area contributed by atoms with Gasteiger partial charge in [-0.1, -0.05) is 11.6 Å². The molecule has 6 nitrogen and oxygen atoms in total. The van der Waals surface area contributed by atoms with E-state index in [0.717, 1.165) is 6.54 Å². The highest BCUT2D eigenvalue weighted by atomic mass is 35.5. The Morgan fingerprint density at radius 1 is 1.42 bits per heavy atom. The first-order chi connectivity index (χ1) is 8.84. The number of nitrogens with one attached hydrogen (secondary N) is 2. The van der Waals surface area contributed by atoms with E-state index in [4.69, 9.17) is 11.6 Å². The van der Waals surface area contributed by atoms with Crippen LogP contribution in [0.3, 0.4) is 0 Å². The average molecular weight is 288 g/mol. The molecule has 0 radical (unpaired) electrons. The number of hydrogen-bond donors (Lipinski definition) is 3. The summed E-state index contributed by atoms with van der Waals surface area (Å²) in [6, 6.07) is 0. The number of nitrogens with zero attached hydrogens (tertiary/aromatic N) is 3. The third-order valence-corrected chi connectivity index (χ3v) is 2.65. The van der Waals surface area contributed by atoms with E-state index in [0.29, 0.717) is 29.9 Å². The van der Waals surface area contributed by atoms with Crippen LogP contribution in [-0.2, 0) is 0 Å². The summed E-state index contributed by atoms with van der Waals surface area (Å²) in [7, 11) is 3.82. The Labute approximate surface area is 119 Å². The van der Waals surface area contributed by atoms with Crippen molar-refractivity contribution < 1.29 is 5.11 Å². The minimum atomic E-state index is -0.865. The predicted octanol–water partition coefficient (Wildman–Crippen LogP) is 1.29. The quantitative estimate of drug-likeness (QED) is 0.702. The van der Waals surface area contributed by atoms with Crippen molar-refractivity contribution in [3.63, 3.8) is 0 Å². The molecule has 1 aromatic heterocycles. The van der Waals surface area contributed by atoms with E-state index >= 15 is 0 Å². The molecule has 0 fully saturated rings. The standard InChI is InChI=1S/C12H22ClN5O/c1-5-14-11-15-6-9(13)10(17-11)16-7-12(2,19)8-18(3)4/h6,19H,5,7-8H2,1-4H3,(H2,14,15,16,17). The first-order valence-electron chi connectivity index (χ1n) is 6.21. The lowest BCUT2D eigenvalue weighted by Crippen LogP contribution is -2.43. The maximum absolute atomic E-state index is 10.2. The van der Waals surface area contributed by atoms with Crippen molar-refractivity contribution in [2.24, 2.45) is 0 Å². The Bertz CT molecular complexity index is 411. The van der Waals surface area contributed by atoms with Crippen LogP contribution in [0, 0.1) is 0 Å². The first kappa shape index (κ1) is 15.9. The normalized spacial score (nSPS) is 14.3. The summed E-state index contributed by atoms with van der Waals surface area (Å²) in [5.41, 5.74) is -0.865. The highest BCUT2D eigenvalue weighted by molar-refractivity contribution is 6.32. The molecule has 1 heterocycles. The van der Waals surface area contributed by atoms with Crippen LogP contribution in [0.2, 0.25) is 5.02 Å². The second kappa shape index (κ2) is 6.88. The maximum Gasteiger partial charge on any atom is 0.224 e. The molecule has 0 saturated heterocycles. The van der Waals surface area contributed by atoms with Crippen LogP contribution in [-0.4, -0.2) is 59.3 Å². The van der Waals surface area contributed by atoms with E-state index in [9.17, 15) is 5.11 Å². The third-order valence-electron chi connectivity index (χ3n) is 2.37. The molecule has 7 heteroatoms. The lowest BCUT2D eigenvalue weighted by Gasteiger charge is -2.27. The van der Waals surface area contributed by atoms with E-state index in [-0.39, 0.29) is 0 Å². The van der Waals surface area contributed by atoms with Crippen molar-refractivity contribution in [2.45, 2.75) is 19.4 Å². The monoisotopic (exact) mass is 287 g/mol. The van der Waals surface area contributed by atoms with Crippen molar-refractivity contribution in [1.29, 1.82) is 0 Å². The number of hydrogen-bond acceptors (Lipinski definition) is 6. The molecule has 3 N–H and O–H groups in total. The van der Waals surface area contributed by atoms with Crippen LogP contribution >= 0.6 is 11.6 Å². The van der Waals surface area contributed by atoms with Gasteiger partial charge in [0.15, 0.2) is 5.82 Å². The number of halogens is 1. The van der Waals surface area contributed by atoms with Gasteiger partial charge in [-0.25, -0.2) is 4.98 Å². The van der Waals surface area contributed by atoms with Crippen LogP contribution < -0.4 is 10.6 Å². The fraction of sp³-hybridized carbons (Fsp3) is 0.667. The van der Waals surface area contributed by atoms with Crippen molar-refractivity contribution in [3.8, 4) is 0 Å². The van der Waals surface area contributed by atoms with E-state index in [2.05, 4.69) is 20.6 Å². The first-order valence-corrected chi connectivity index (χ1v) is 6.59. The van der Waals surface area contributed by atoms with E-state index < -0.39 is 5.60 Å². The second-order valence-electron chi connectivity index (χ2n) is 5.01. The van der Waals surface area contributed by atoms with Crippen molar-refractivity contribution in [3.05, 3.63) is 11.2 Å². The molecule has 108 valence electrons. The molecule has 1 unspecified atom stereocenters. The van der Waals surface area contributed by atoms with Gasteiger partial charge in [0.1, 0.15) is 5.02 Å². The van der Waals surface area contributed by atoms with Crippen molar-refractivity contribution >= 4 is 23.4 Å². The molecular formula is C12H22ClN5O. The molecule has 19 heavy (non-hydrogen) atoms. The zero-order chi connectivity index (χ0) is 14.5. The summed E-state index contributed by atoms with van der Waals surface area (Å²) in [6.45, 7) is 5.36. The van der Waals surface area contributed by atoms with Crippen molar-refractivity contribution in [2.75, 3.05) is 44.4 Å². The van der Waals surface area contributed by atoms with Gasteiger partial charge < -0.3 is 20.6 Å². The third kappa shape index (κ3) is 5.59. The number of likely N-dealkylation sites (N-methyl/N-ethyl adjacent to an activating group) is 1. The number of anilines is 2. The van der Waals surface area contributed by atoms with Gasteiger partial charge in [0.05, 0.1) is 11.8 Å². The average Bonchev–Trinajstić information content (AvgIpc) is 2.28. The fourth-order valence-corrected chi connectivity index (χ4v) is 1.90. The molecule has 0 aliphatic rings. The van der Waals surface area contributed by atoms with Gasteiger partial charge in [-0.2, -0.15) is 4.98 Å². The lowest BCUT2D eigenvalue weighted by molar-refractivity contribution is 0.0459. The molecule has 0 spiro atoms. The second-order valence-corrected chi connectivity index (χ2v) is 5.42. The lowest BCUT2D eigenvalue weighted by atomic mass is 10.1. The number of aromatic nitrogens is 2. The minimum Gasteiger partial charge on any atom is -0.387 e. The molecule has 0 bridgehead atoms. The van der Waals surface area contributed by atoms with E-state index in [1.165, 1.54) is 6.20 Å². The Kier molecular flexibility index (Phi) is 5.78. The SMILES string of the molecule is CCNc1ncc(Cl)c(NCC(C)(O)CN(C)C)n1. The molecule has 0 aliphatic heterocycles. The number of aliphatic hydroxyl groups is 1. The minimum absolute atomic E-state index is 0.355. The molecule has 0 aromatic carbocycles. The Morgan fingerprint density at radius 2 is 2.11 bits per heavy atom. The predicted molar refractivity (Wildman–Crippen MR) is 78.9 cm³/mol. The summed E-state index contributed by atoms with van der Waals surface area (Å²) in [6.07, 6.45) is 1.54. The van der Waals surface area contributed by atoms with Crippen LogP contribution in [0.4, 0.5) is 11.8 Å². The summed E-state index contributed by atoms with van der Waals surface area (Å²) in [4.78, 5) is 10.2. The molecule has 1 atom stereocenters. The molecule has 1 aromatic rings. The van der Waals surface area contributed by atoms with Crippen LogP contribution in [0.5, 0.6) is 0 Å². The van der Waals surface area contributed by atoms with Gasteiger partial charge >= 0.3 is 0 Å². The number of rotatable bonds is 7. The van der Waals surface area contributed by atoms with Gasteiger partial charge in [0.2, 0.25) is 5.95 Å². The maximum atomic E-state index is 10.2.